The Balaban J connectivity index is 1.17. The number of fused-ring (bicyclic) bond motifs is 2. The second-order valence-electron chi connectivity index (χ2n) is 9.46. The molecule has 1 fully saturated rings. The molecule has 1 aromatic heterocycles. The van der Waals surface area contributed by atoms with Gasteiger partial charge in [0.1, 0.15) is 5.82 Å². The van der Waals surface area contributed by atoms with E-state index in [-0.39, 0.29) is 6.10 Å². The van der Waals surface area contributed by atoms with Crippen molar-refractivity contribution in [3.05, 3.63) is 59.7 Å². The second-order valence-corrected chi connectivity index (χ2v) is 9.46. The van der Waals surface area contributed by atoms with Gasteiger partial charge in [-0.2, -0.15) is 4.98 Å². The first-order chi connectivity index (χ1) is 15.6. The number of aliphatic hydroxyl groups excluding tert-OH is 1. The van der Waals surface area contributed by atoms with E-state index in [1.165, 1.54) is 5.56 Å². The summed E-state index contributed by atoms with van der Waals surface area (Å²) >= 11 is 0. The van der Waals surface area contributed by atoms with Gasteiger partial charge in [0.15, 0.2) is 0 Å². The van der Waals surface area contributed by atoms with Crippen molar-refractivity contribution >= 4 is 22.7 Å². The van der Waals surface area contributed by atoms with Crippen molar-refractivity contribution < 1.29 is 5.11 Å². The molecule has 2 aliphatic carbocycles. The zero-order chi connectivity index (χ0) is 22.1. The van der Waals surface area contributed by atoms with Crippen molar-refractivity contribution in [2.75, 3.05) is 30.9 Å². The predicted molar refractivity (Wildman–Crippen MR) is 130 cm³/mol. The van der Waals surface area contributed by atoms with Crippen LogP contribution in [-0.4, -0.2) is 47.8 Å². The molecule has 0 radical (unpaired) electrons. The van der Waals surface area contributed by atoms with Crippen LogP contribution in [0.2, 0.25) is 0 Å². The number of nitrogens with zero attached hydrogens (tertiary/aromatic N) is 3. The Hall–Kier alpha value is -2.70. The molecule has 2 atom stereocenters. The SMILES string of the molecule is CN(C)c1nc(N[C@H]2CC[C@@H](NCC3CC(O)c4ccccc43)CC2)nc2ccccc12. The molecule has 0 aliphatic heterocycles. The van der Waals surface area contributed by atoms with Crippen LogP contribution in [0, 0.1) is 0 Å². The minimum Gasteiger partial charge on any atom is -0.388 e. The normalized spacial score (nSPS) is 25.0. The number of hydrogen-bond donors (Lipinski definition) is 3. The van der Waals surface area contributed by atoms with Crippen LogP contribution in [0.25, 0.3) is 10.9 Å². The second kappa shape index (κ2) is 9.04. The van der Waals surface area contributed by atoms with Crippen LogP contribution in [0.1, 0.15) is 55.3 Å². The molecular weight excluding hydrogens is 398 g/mol. The van der Waals surface area contributed by atoms with E-state index in [0.29, 0.717) is 18.0 Å². The Labute approximate surface area is 190 Å². The zero-order valence-electron chi connectivity index (χ0n) is 19.0. The molecule has 0 bridgehead atoms. The lowest BCUT2D eigenvalue weighted by Gasteiger charge is -2.31. The van der Waals surface area contributed by atoms with Crippen molar-refractivity contribution in [2.45, 2.75) is 56.2 Å². The predicted octanol–water partition coefficient (Wildman–Crippen LogP) is 4.23. The first-order valence-electron chi connectivity index (χ1n) is 11.8. The highest BCUT2D eigenvalue weighted by Crippen LogP contribution is 2.39. The number of rotatable bonds is 6. The van der Waals surface area contributed by atoms with Gasteiger partial charge < -0.3 is 20.6 Å². The fourth-order valence-electron chi connectivity index (χ4n) is 5.30. The molecule has 32 heavy (non-hydrogen) atoms. The topological polar surface area (TPSA) is 73.3 Å². The molecule has 3 aromatic rings. The third-order valence-electron chi connectivity index (χ3n) is 7.02. The summed E-state index contributed by atoms with van der Waals surface area (Å²) in [6, 6.07) is 17.5. The van der Waals surface area contributed by atoms with Gasteiger partial charge in [0.25, 0.3) is 0 Å². The number of benzene rings is 2. The average molecular weight is 432 g/mol. The van der Waals surface area contributed by atoms with Gasteiger partial charge >= 0.3 is 0 Å². The highest BCUT2D eigenvalue weighted by Gasteiger charge is 2.30. The van der Waals surface area contributed by atoms with Gasteiger partial charge in [0.05, 0.1) is 11.6 Å². The molecule has 1 heterocycles. The van der Waals surface area contributed by atoms with E-state index in [0.717, 1.165) is 66.9 Å². The maximum atomic E-state index is 10.3. The van der Waals surface area contributed by atoms with Crippen molar-refractivity contribution in [1.82, 2.24) is 15.3 Å². The van der Waals surface area contributed by atoms with Crippen molar-refractivity contribution in [3.63, 3.8) is 0 Å². The molecule has 3 N–H and O–H groups in total. The summed E-state index contributed by atoms with van der Waals surface area (Å²) in [7, 11) is 4.05. The smallest absolute Gasteiger partial charge is 0.225 e. The molecule has 168 valence electrons. The summed E-state index contributed by atoms with van der Waals surface area (Å²) in [4.78, 5) is 11.6. The molecule has 1 saturated carbocycles. The van der Waals surface area contributed by atoms with E-state index in [4.69, 9.17) is 9.97 Å². The third kappa shape index (κ3) is 4.30. The zero-order valence-corrected chi connectivity index (χ0v) is 19.0. The molecule has 6 nitrogen and oxygen atoms in total. The number of hydrogen-bond acceptors (Lipinski definition) is 6. The van der Waals surface area contributed by atoms with Crippen molar-refractivity contribution in [2.24, 2.45) is 0 Å². The number of nitrogens with one attached hydrogen (secondary N) is 2. The largest absolute Gasteiger partial charge is 0.388 e. The quantitative estimate of drug-likeness (QED) is 0.542. The van der Waals surface area contributed by atoms with E-state index in [9.17, 15) is 5.11 Å². The van der Waals surface area contributed by atoms with E-state index < -0.39 is 0 Å². The fraction of sp³-hybridized carbons (Fsp3) is 0.462. The van der Waals surface area contributed by atoms with Crippen molar-refractivity contribution in [1.29, 1.82) is 0 Å². The Morgan fingerprint density at radius 3 is 2.38 bits per heavy atom. The first-order valence-corrected chi connectivity index (χ1v) is 11.8. The van der Waals surface area contributed by atoms with E-state index in [1.807, 2.05) is 43.3 Å². The van der Waals surface area contributed by atoms with Crippen LogP contribution in [0.3, 0.4) is 0 Å². The average Bonchev–Trinajstić information content (AvgIpc) is 3.14. The monoisotopic (exact) mass is 431 g/mol. The molecule has 2 aromatic carbocycles. The minimum absolute atomic E-state index is 0.313. The molecule has 0 saturated heterocycles. The number of aromatic nitrogens is 2. The van der Waals surface area contributed by atoms with Gasteiger partial charge in [-0.1, -0.05) is 36.4 Å². The summed E-state index contributed by atoms with van der Waals surface area (Å²) in [5, 5.41) is 18.8. The lowest BCUT2D eigenvalue weighted by Crippen LogP contribution is -2.38. The summed E-state index contributed by atoms with van der Waals surface area (Å²) in [5.74, 6) is 2.08. The summed E-state index contributed by atoms with van der Waals surface area (Å²) in [5.41, 5.74) is 3.40. The fourth-order valence-corrected chi connectivity index (χ4v) is 5.30. The number of aliphatic hydroxyl groups is 1. The van der Waals surface area contributed by atoms with Crippen LogP contribution < -0.4 is 15.5 Å². The van der Waals surface area contributed by atoms with Crippen LogP contribution in [0.15, 0.2) is 48.5 Å². The maximum absolute atomic E-state index is 10.3. The number of anilines is 2. The molecule has 0 spiro atoms. The van der Waals surface area contributed by atoms with Gasteiger partial charge in [-0.15, -0.1) is 0 Å². The van der Waals surface area contributed by atoms with Crippen molar-refractivity contribution in [3.8, 4) is 0 Å². The van der Waals surface area contributed by atoms with Gasteiger partial charge in [-0.05, 0) is 61.3 Å². The molecule has 5 rings (SSSR count). The van der Waals surface area contributed by atoms with E-state index in [1.54, 1.807) is 0 Å². The third-order valence-corrected chi connectivity index (χ3v) is 7.02. The lowest BCUT2D eigenvalue weighted by atomic mass is 9.90. The highest BCUT2D eigenvalue weighted by atomic mass is 16.3. The molecule has 2 aliphatic rings. The lowest BCUT2D eigenvalue weighted by molar-refractivity contribution is 0.171. The Kier molecular flexibility index (Phi) is 5.98. The van der Waals surface area contributed by atoms with E-state index >= 15 is 0 Å². The van der Waals surface area contributed by atoms with Crippen LogP contribution in [0.4, 0.5) is 11.8 Å². The Morgan fingerprint density at radius 1 is 0.906 bits per heavy atom. The minimum atomic E-state index is -0.313. The van der Waals surface area contributed by atoms with E-state index in [2.05, 4.69) is 34.9 Å². The molecule has 0 amide bonds. The molecule has 2 unspecified atom stereocenters. The highest BCUT2D eigenvalue weighted by molar-refractivity contribution is 5.90. The first kappa shape index (κ1) is 21.2. The maximum Gasteiger partial charge on any atom is 0.225 e. The number of para-hydroxylation sites is 1. The van der Waals surface area contributed by atoms with Gasteiger partial charge in [0.2, 0.25) is 5.95 Å². The summed E-state index contributed by atoms with van der Waals surface area (Å²) in [6.07, 6.45) is 5.01. The van der Waals surface area contributed by atoms with Crippen LogP contribution in [0.5, 0.6) is 0 Å². The summed E-state index contributed by atoms with van der Waals surface area (Å²) in [6.45, 7) is 0.941. The van der Waals surface area contributed by atoms with Crippen LogP contribution in [-0.2, 0) is 0 Å². The standard InChI is InChI=1S/C26H33N5O/c1-31(2)25-22-9-5-6-10-23(22)29-26(30-25)28-19-13-11-18(12-14-19)27-16-17-15-24(32)21-8-4-3-7-20(17)21/h3-10,17-19,24,27,32H,11-16H2,1-2H3,(H,28,29,30)/t17?,18-,19+,24?. The van der Waals surface area contributed by atoms with Gasteiger partial charge in [0, 0.05) is 38.1 Å². The van der Waals surface area contributed by atoms with Gasteiger partial charge in [-0.25, -0.2) is 4.98 Å². The molecule has 6 heteroatoms. The summed E-state index contributed by atoms with van der Waals surface area (Å²) < 4.78 is 0. The Bertz CT molecular complexity index is 1080. The van der Waals surface area contributed by atoms with Gasteiger partial charge in [-0.3, -0.25) is 0 Å². The van der Waals surface area contributed by atoms with Crippen LogP contribution >= 0.6 is 0 Å². The molecular formula is C26H33N5O. The Morgan fingerprint density at radius 2 is 1.59 bits per heavy atom.